The van der Waals surface area contributed by atoms with Crippen LogP contribution >= 0.6 is 0 Å². The molecule has 0 N–H and O–H groups in total. The third-order valence-electron chi connectivity index (χ3n) is 3.30. The van der Waals surface area contributed by atoms with Crippen LogP contribution in [0.1, 0.15) is 23.1 Å². The van der Waals surface area contributed by atoms with E-state index in [0.29, 0.717) is 31.9 Å². The Kier molecular flexibility index (Phi) is 3.51. The largest absolute Gasteiger partial charge is 0.451 e. The van der Waals surface area contributed by atoms with Gasteiger partial charge < -0.3 is 14.1 Å². The van der Waals surface area contributed by atoms with Crippen LogP contribution in [0.15, 0.2) is 29.3 Å². The fraction of sp³-hybridized carbons (Fsp3) is 0.462. The monoisotopic (exact) mass is 276 g/mol. The van der Waals surface area contributed by atoms with Crippen LogP contribution in [-0.2, 0) is 17.8 Å². The molecule has 0 bridgehead atoms. The van der Waals surface area contributed by atoms with Crippen LogP contribution in [-0.4, -0.2) is 44.8 Å². The van der Waals surface area contributed by atoms with Crippen molar-refractivity contribution in [2.24, 2.45) is 0 Å². The number of amides is 1. The average Bonchev–Trinajstić information content (AvgIpc) is 3.07. The summed E-state index contributed by atoms with van der Waals surface area (Å²) in [6.07, 6.45) is 4.29. The molecule has 1 aliphatic heterocycles. The number of carbonyl (C=O) groups excluding carboxylic acids is 1. The lowest BCUT2D eigenvalue weighted by atomic mass is 10.3. The molecular formula is C13H16N4O3. The zero-order valence-corrected chi connectivity index (χ0v) is 11.2. The van der Waals surface area contributed by atoms with Gasteiger partial charge in [0, 0.05) is 19.3 Å². The number of rotatable bonds is 3. The van der Waals surface area contributed by atoms with Crippen LogP contribution in [0.25, 0.3) is 0 Å². The van der Waals surface area contributed by atoms with Gasteiger partial charge in [0.2, 0.25) is 0 Å². The Morgan fingerprint density at radius 1 is 1.55 bits per heavy atom. The SMILES string of the molecule is CCOC1CN(C(=O)c2cocn2)Cc2ccnn2C1. The highest BCUT2D eigenvalue weighted by Gasteiger charge is 2.27. The molecule has 0 radical (unpaired) electrons. The van der Waals surface area contributed by atoms with Gasteiger partial charge in [0.25, 0.3) is 5.91 Å². The van der Waals surface area contributed by atoms with E-state index in [9.17, 15) is 4.79 Å². The van der Waals surface area contributed by atoms with Crippen LogP contribution in [0, 0.1) is 0 Å². The molecule has 1 unspecified atom stereocenters. The molecule has 3 rings (SSSR count). The van der Waals surface area contributed by atoms with Crippen molar-refractivity contribution < 1.29 is 13.9 Å². The van der Waals surface area contributed by atoms with E-state index in [1.807, 2.05) is 17.7 Å². The van der Waals surface area contributed by atoms with Crippen LogP contribution in [0.4, 0.5) is 0 Å². The molecule has 2 aromatic heterocycles. The lowest BCUT2D eigenvalue weighted by molar-refractivity contribution is 0.0243. The minimum Gasteiger partial charge on any atom is -0.451 e. The number of hydrogen-bond donors (Lipinski definition) is 0. The maximum atomic E-state index is 12.4. The molecule has 3 heterocycles. The predicted molar refractivity (Wildman–Crippen MR) is 68.9 cm³/mol. The summed E-state index contributed by atoms with van der Waals surface area (Å²) >= 11 is 0. The molecule has 0 saturated heterocycles. The molecular weight excluding hydrogens is 260 g/mol. The smallest absolute Gasteiger partial charge is 0.276 e. The zero-order valence-electron chi connectivity index (χ0n) is 11.2. The molecule has 1 amide bonds. The van der Waals surface area contributed by atoms with Crippen LogP contribution in [0.2, 0.25) is 0 Å². The van der Waals surface area contributed by atoms with Crippen molar-refractivity contribution in [2.75, 3.05) is 13.2 Å². The highest BCUT2D eigenvalue weighted by atomic mass is 16.5. The second-order valence-corrected chi connectivity index (χ2v) is 4.64. The summed E-state index contributed by atoms with van der Waals surface area (Å²) in [5.41, 5.74) is 1.30. The van der Waals surface area contributed by atoms with Gasteiger partial charge >= 0.3 is 0 Å². The van der Waals surface area contributed by atoms with Crippen molar-refractivity contribution in [1.29, 1.82) is 0 Å². The molecule has 1 atom stereocenters. The molecule has 2 aromatic rings. The van der Waals surface area contributed by atoms with E-state index in [1.165, 1.54) is 12.7 Å². The summed E-state index contributed by atoms with van der Waals surface area (Å²) in [6, 6.07) is 1.91. The van der Waals surface area contributed by atoms with Crippen molar-refractivity contribution in [1.82, 2.24) is 19.7 Å². The quantitative estimate of drug-likeness (QED) is 0.834. The van der Waals surface area contributed by atoms with Crippen LogP contribution < -0.4 is 0 Å². The summed E-state index contributed by atoms with van der Waals surface area (Å²) in [5, 5.41) is 4.27. The summed E-state index contributed by atoms with van der Waals surface area (Å²) in [4.78, 5) is 18.0. The molecule has 0 saturated carbocycles. The highest BCUT2D eigenvalue weighted by Crippen LogP contribution is 2.16. The molecule has 20 heavy (non-hydrogen) atoms. The van der Waals surface area contributed by atoms with E-state index in [0.717, 1.165) is 5.69 Å². The van der Waals surface area contributed by atoms with Crippen molar-refractivity contribution in [2.45, 2.75) is 26.1 Å². The van der Waals surface area contributed by atoms with E-state index in [4.69, 9.17) is 9.15 Å². The van der Waals surface area contributed by atoms with Gasteiger partial charge in [-0.05, 0) is 13.0 Å². The van der Waals surface area contributed by atoms with Gasteiger partial charge in [0.05, 0.1) is 24.9 Å². The predicted octanol–water partition coefficient (Wildman–Crippen LogP) is 0.932. The Bertz CT molecular complexity index is 578. The van der Waals surface area contributed by atoms with Gasteiger partial charge in [-0.3, -0.25) is 9.48 Å². The lowest BCUT2D eigenvalue weighted by Crippen LogP contribution is -2.37. The molecule has 1 aliphatic rings. The van der Waals surface area contributed by atoms with E-state index in [1.54, 1.807) is 11.1 Å². The van der Waals surface area contributed by atoms with Crippen molar-refractivity contribution >= 4 is 5.91 Å². The molecule has 0 spiro atoms. The van der Waals surface area contributed by atoms with Gasteiger partial charge in [0.1, 0.15) is 6.26 Å². The standard InChI is InChI=1S/C13H16N4O3/c1-2-20-11-6-16(13(18)12-8-19-9-14-12)5-10-3-4-15-17(10)7-11/h3-4,8-9,11H,2,5-7H2,1H3. The topological polar surface area (TPSA) is 73.4 Å². The number of ether oxygens (including phenoxy) is 1. The highest BCUT2D eigenvalue weighted by molar-refractivity contribution is 5.91. The lowest BCUT2D eigenvalue weighted by Gasteiger charge is -2.23. The Morgan fingerprint density at radius 2 is 2.45 bits per heavy atom. The third-order valence-corrected chi connectivity index (χ3v) is 3.30. The van der Waals surface area contributed by atoms with Crippen molar-refractivity contribution in [3.8, 4) is 0 Å². The van der Waals surface area contributed by atoms with E-state index < -0.39 is 0 Å². The van der Waals surface area contributed by atoms with Crippen molar-refractivity contribution in [3.63, 3.8) is 0 Å². The first-order valence-electron chi connectivity index (χ1n) is 6.57. The van der Waals surface area contributed by atoms with Gasteiger partial charge in [-0.15, -0.1) is 0 Å². The van der Waals surface area contributed by atoms with E-state index >= 15 is 0 Å². The maximum Gasteiger partial charge on any atom is 0.276 e. The molecule has 7 heteroatoms. The Labute approximate surface area is 116 Å². The van der Waals surface area contributed by atoms with E-state index in [-0.39, 0.29) is 12.0 Å². The Hall–Kier alpha value is -2.15. The molecule has 7 nitrogen and oxygen atoms in total. The number of fused-ring (bicyclic) bond motifs is 1. The third kappa shape index (κ3) is 2.44. The summed E-state index contributed by atoms with van der Waals surface area (Å²) in [5.74, 6) is -0.155. The summed E-state index contributed by atoms with van der Waals surface area (Å²) in [7, 11) is 0. The minimum atomic E-state index is -0.155. The first-order chi connectivity index (χ1) is 9.78. The first-order valence-corrected chi connectivity index (χ1v) is 6.57. The number of oxazole rings is 1. The Morgan fingerprint density at radius 3 is 3.20 bits per heavy atom. The molecule has 0 aromatic carbocycles. The average molecular weight is 276 g/mol. The number of aromatic nitrogens is 3. The van der Waals surface area contributed by atoms with E-state index in [2.05, 4.69) is 10.1 Å². The fourth-order valence-electron chi connectivity index (χ4n) is 2.39. The normalized spacial score (nSPS) is 18.6. The van der Waals surface area contributed by atoms with Gasteiger partial charge in [-0.2, -0.15) is 5.10 Å². The summed E-state index contributed by atoms with van der Waals surface area (Å²) in [6.45, 7) is 4.21. The van der Waals surface area contributed by atoms with Gasteiger partial charge in [0.15, 0.2) is 12.1 Å². The maximum absolute atomic E-state index is 12.4. The van der Waals surface area contributed by atoms with Crippen LogP contribution in [0.3, 0.4) is 0 Å². The number of hydrogen-bond acceptors (Lipinski definition) is 5. The van der Waals surface area contributed by atoms with Gasteiger partial charge in [-0.1, -0.05) is 0 Å². The first kappa shape index (κ1) is 12.9. The number of carbonyl (C=O) groups is 1. The molecule has 0 fully saturated rings. The molecule has 106 valence electrons. The van der Waals surface area contributed by atoms with Crippen LogP contribution in [0.5, 0.6) is 0 Å². The second kappa shape index (κ2) is 5.46. The Balaban J connectivity index is 1.85. The van der Waals surface area contributed by atoms with Crippen molar-refractivity contribution in [3.05, 3.63) is 36.3 Å². The summed E-state index contributed by atoms with van der Waals surface area (Å²) < 4.78 is 12.5. The molecule has 0 aliphatic carbocycles. The minimum absolute atomic E-state index is 0.0722. The number of nitrogens with zero attached hydrogens (tertiary/aromatic N) is 4. The zero-order chi connectivity index (χ0) is 13.9. The van der Waals surface area contributed by atoms with Gasteiger partial charge in [-0.25, -0.2) is 4.98 Å². The second-order valence-electron chi connectivity index (χ2n) is 4.64. The fourth-order valence-corrected chi connectivity index (χ4v) is 2.39.